The summed E-state index contributed by atoms with van der Waals surface area (Å²) in [5.74, 6) is 0.286. The summed E-state index contributed by atoms with van der Waals surface area (Å²) in [5, 5.41) is 22.3. The Labute approximate surface area is 106 Å². The molecule has 100 valence electrons. The lowest BCUT2D eigenvalue weighted by Gasteiger charge is -2.20. The van der Waals surface area contributed by atoms with Crippen molar-refractivity contribution < 1.29 is 19.7 Å². The van der Waals surface area contributed by atoms with Crippen LogP contribution in [0.25, 0.3) is 0 Å². The Kier molecular flexibility index (Phi) is 5.61. The second-order valence-electron chi connectivity index (χ2n) is 3.92. The first-order valence-electron chi connectivity index (χ1n) is 5.88. The monoisotopic (exact) mass is 253 g/mol. The number of rotatable bonds is 6. The predicted molar refractivity (Wildman–Crippen MR) is 67.3 cm³/mol. The summed E-state index contributed by atoms with van der Waals surface area (Å²) in [6, 6.07) is 6.97. The van der Waals surface area contributed by atoms with E-state index in [0.29, 0.717) is 17.9 Å². The number of nitrogens with one attached hydrogen (secondary N) is 1. The number of aliphatic hydroxyl groups excluding tert-OH is 2. The van der Waals surface area contributed by atoms with Crippen molar-refractivity contribution in [2.75, 3.05) is 13.2 Å². The van der Waals surface area contributed by atoms with Crippen LogP contribution in [0.2, 0.25) is 0 Å². The third-order valence-electron chi connectivity index (χ3n) is 2.46. The highest BCUT2D eigenvalue weighted by Gasteiger charge is 2.21. The van der Waals surface area contributed by atoms with Gasteiger partial charge in [0.1, 0.15) is 18.0 Å². The van der Waals surface area contributed by atoms with Gasteiger partial charge in [0, 0.05) is 19.0 Å². The van der Waals surface area contributed by atoms with E-state index in [-0.39, 0.29) is 12.5 Å². The number of amides is 1. The van der Waals surface area contributed by atoms with Gasteiger partial charge in [0.2, 0.25) is 5.91 Å². The summed E-state index contributed by atoms with van der Waals surface area (Å²) in [4.78, 5) is 10.7. The zero-order valence-corrected chi connectivity index (χ0v) is 10.6. The van der Waals surface area contributed by atoms with Gasteiger partial charge in [-0.3, -0.25) is 4.79 Å². The van der Waals surface area contributed by atoms with Gasteiger partial charge < -0.3 is 20.3 Å². The molecule has 0 aliphatic carbocycles. The number of aliphatic hydroxyl groups is 2. The summed E-state index contributed by atoms with van der Waals surface area (Å²) in [6.07, 6.45) is -2.17. The number of benzene rings is 1. The molecule has 1 aromatic carbocycles. The first-order chi connectivity index (χ1) is 8.56. The summed E-state index contributed by atoms with van der Waals surface area (Å²) in [7, 11) is 0. The second-order valence-corrected chi connectivity index (χ2v) is 3.92. The number of para-hydroxylation sites is 1. The van der Waals surface area contributed by atoms with Gasteiger partial charge in [0.25, 0.3) is 0 Å². The van der Waals surface area contributed by atoms with Crippen molar-refractivity contribution in [2.45, 2.75) is 26.1 Å². The summed E-state index contributed by atoms with van der Waals surface area (Å²) >= 11 is 0. The lowest BCUT2D eigenvalue weighted by molar-refractivity contribution is -0.119. The molecule has 1 rings (SSSR count). The molecular formula is C13H19NO4. The average Bonchev–Trinajstić information content (AvgIpc) is 2.36. The highest BCUT2D eigenvalue weighted by atomic mass is 16.5. The molecule has 0 fully saturated rings. The fourth-order valence-corrected chi connectivity index (χ4v) is 1.58. The minimum absolute atomic E-state index is 0.00302. The fraction of sp³-hybridized carbons (Fsp3) is 0.462. The number of ether oxygens (including phenoxy) is 1. The van der Waals surface area contributed by atoms with Crippen LogP contribution in [0, 0.1) is 0 Å². The first kappa shape index (κ1) is 14.5. The third kappa shape index (κ3) is 4.01. The molecule has 1 aromatic rings. The van der Waals surface area contributed by atoms with Gasteiger partial charge in [-0.05, 0) is 13.0 Å². The number of hydrogen-bond acceptors (Lipinski definition) is 4. The van der Waals surface area contributed by atoms with E-state index in [0.717, 1.165) is 0 Å². The van der Waals surface area contributed by atoms with Crippen LogP contribution < -0.4 is 10.1 Å². The molecule has 2 unspecified atom stereocenters. The fourth-order valence-electron chi connectivity index (χ4n) is 1.58. The highest BCUT2D eigenvalue weighted by molar-refractivity contribution is 5.72. The highest BCUT2D eigenvalue weighted by Crippen LogP contribution is 2.27. The molecular weight excluding hydrogens is 234 g/mol. The molecule has 0 saturated carbocycles. The quantitative estimate of drug-likeness (QED) is 0.694. The Morgan fingerprint density at radius 2 is 2.06 bits per heavy atom. The zero-order valence-electron chi connectivity index (χ0n) is 10.6. The molecule has 0 aliphatic heterocycles. The van der Waals surface area contributed by atoms with Gasteiger partial charge in [0.05, 0.1) is 6.61 Å². The van der Waals surface area contributed by atoms with Crippen LogP contribution in [0.15, 0.2) is 24.3 Å². The maximum Gasteiger partial charge on any atom is 0.216 e. The normalized spacial score (nSPS) is 13.8. The number of carbonyl (C=O) groups is 1. The van der Waals surface area contributed by atoms with E-state index >= 15 is 0 Å². The van der Waals surface area contributed by atoms with E-state index in [4.69, 9.17) is 4.74 Å². The minimum atomic E-state index is -1.10. The average molecular weight is 253 g/mol. The van der Waals surface area contributed by atoms with Crippen molar-refractivity contribution in [3.05, 3.63) is 29.8 Å². The molecule has 0 radical (unpaired) electrons. The van der Waals surface area contributed by atoms with Crippen LogP contribution in [-0.2, 0) is 4.79 Å². The predicted octanol–water partition coefficient (Wildman–Crippen LogP) is 0.616. The van der Waals surface area contributed by atoms with Gasteiger partial charge in [0.15, 0.2) is 0 Å². The smallest absolute Gasteiger partial charge is 0.216 e. The van der Waals surface area contributed by atoms with Crippen LogP contribution in [0.5, 0.6) is 5.75 Å². The molecule has 0 bridgehead atoms. The molecule has 5 heteroatoms. The maximum absolute atomic E-state index is 10.7. The zero-order chi connectivity index (χ0) is 13.5. The summed E-state index contributed by atoms with van der Waals surface area (Å²) in [5.41, 5.74) is 0.511. The molecule has 0 aromatic heterocycles. The van der Waals surface area contributed by atoms with Crippen molar-refractivity contribution in [1.29, 1.82) is 0 Å². The molecule has 1 amide bonds. The number of hydrogen-bond donors (Lipinski definition) is 3. The molecule has 0 saturated heterocycles. The van der Waals surface area contributed by atoms with Crippen molar-refractivity contribution in [1.82, 2.24) is 5.32 Å². The van der Waals surface area contributed by atoms with Crippen LogP contribution in [0.3, 0.4) is 0 Å². The minimum Gasteiger partial charge on any atom is -0.493 e. The van der Waals surface area contributed by atoms with Gasteiger partial charge in [-0.1, -0.05) is 18.2 Å². The molecule has 2 atom stereocenters. The van der Waals surface area contributed by atoms with Crippen molar-refractivity contribution in [3.63, 3.8) is 0 Å². The first-order valence-corrected chi connectivity index (χ1v) is 5.88. The maximum atomic E-state index is 10.7. The van der Waals surface area contributed by atoms with E-state index in [1.807, 2.05) is 6.92 Å². The molecule has 0 heterocycles. The Hall–Kier alpha value is -1.59. The Bertz CT molecular complexity index is 394. The van der Waals surface area contributed by atoms with Gasteiger partial charge in [-0.15, -0.1) is 0 Å². The largest absolute Gasteiger partial charge is 0.493 e. The van der Waals surface area contributed by atoms with Crippen molar-refractivity contribution in [2.24, 2.45) is 0 Å². The van der Waals surface area contributed by atoms with Crippen molar-refractivity contribution in [3.8, 4) is 5.75 Å². The number of carbonyl (C=O) groups excluding carboxylic acids is 1. The standard InChI is InChI=1S/C13H19NO4/c1-3-18-12-7-5-4-6-10(12)13(17)11(16)8-14-9(2)15/h4-7,11,13,16-17H,3,8H2,1-2H3,(H,14,15). The molecule has 5 nitrogen and oxygen atoms in total. The van der Waals surface area contributed by atoms with E-state index in [2.05, 4.69) is 5.32 Å². The van der Waals surface area contributed by atoms with Crippen LogP contribution >= 0.6 is 0 Å². The third-order valence-corrected chi connectivity index (χ3v) is 2.46. The SMILES string of the molecule is CCOc1ccccc1C(O)C(O)CNC(C)=O. The van der Waals surface area contributed by atoms with Gasteiger partial charge in [-0.25, -0.2) is 0 Å². The van der Waals surface area contributed by atoms with E-state index < -0.39 is 12.2 Å². The van der Waals surface area contributed by atoms with Gasteiger partial charge >= 0.3 is 0 Å². The van der Waals surface area contributed by atoms with Crippen molar-refractivity contribution >= 4 is 5.91 Å². The Morgan fingerprint density at radius 1 is 1.39 bits per heavy atom. The van der Waals surface area contributed by atoms with E-state index in [1.54, 1.807) is 24.3 Å². The van der Waals surface area contributed by atoms with Crippen LogP contribution in [0.1, 0.15) is 25.5 Å². The van der Waals surface area contributed by atoms with E-state index in [9.17, 15) is 15.0 Å². The Morgan fingerprint density at radius 3 is 2.67 bits per heavy atom. The van der Waals surface area contributed by atoms with Crippen LogP contribution in [-0.4, -0.2) is 35.4 Å². The summed E-state index contributed by atoms with van der Waals surface area (Å²) in [6.45, 7) is 3.67. The van der Waals surface area contributed by atoms with Gasteiger partial charge in [-0.2, -0.15) is 0 Å². The molecule has 18 heavy (non-hydrogen) atoms. The summed E-state index contributed by atoms with van der Waals surface area (Å²) < 4.78 is 5.38. The molecule has 0 spiro atoms. The van der Waals surface area contributed by atoms with E-state index in [1.165, 1.54) is 6.92 Å². The second kappa shape index (κ2) is 6.98. The molecule has 3 N–H and O–H groups in total. The topological polar surface area (TPSA) is 78.8 Å². The van der Waals surface area contributed by atoms with Crippen LogP contribution in [0.4, 0.5) is 0 Å². The lowest BCUT2D eigenvalue weighted by atomic mass is 10.0. The lowest BCUT2D eigenvalue weighted by Crippen LogP contribution is -2.34. The Balaban J connectivity index is 2.75. The molecule has 0 aliphatic rings.